The minimum atomic E-state index is -0.299. The fraction of sp³-hybridized carbons (Fsp3) is 0.0625. The Kier molecular flexibility index (Phi) is 3.46. The largest absolute Gasteiger partial charge is 0.482 e. The second-order valence-electron chi connectivity index (χ2n) is 4.69. The Morgan fingerprint density at radius 1 is 1.23 bits per heavy atom. The van der Waals surface area contributed by atoms with Crippen molar-refractivity contribution in [3.8, 4) is 11.8 Å². The van der Waals surface area contributed by atoms with Gasteiger partial charge in [0.15, 0.2) is 6.61 Å². The summed E-state index contributed by atoms with van der Waals surface area (Å²) in [4.78, 5) is 23.4. The van der Waals surface area contributed by atoms with Gasteiger partial charge in [-0.25, -0.2) is 0 Å². The first kappa shape index (κ1) is 13.6. The van der Waals surface area contributed by atoms with Crippen molar-refractivity contribution in [3.05, 3.63) is 53.6 Å². The summed E-state index contributed by atoms with van der Waals surface area (Å²) in [7, 11) is 0. The molecule has 2 aromatic rings. The maximum atomic E-state index is 12.1. The number of benzene rings is 2. The van der Waals surface area contributed by atoms with Gasteiger partial charge in [-0.3, -0.25) is 9.59 Å². The van der Waals surface area contributed by atoms with E-state index in [2.05, 4.69) is 10.6 Å². The molecule has 0 saturated carbocycles. The molecular formula is C16H11N3O3. The first-order valence-electron chi connectivity index (χ1n) is 6.54. The van der Waals surface area contributed by atoms with Crippen LogP contribution < -0.4 is 15.4 Å². The third-order valence-corrected chi connectivity index (χ3v) is 3.15. The maximum Gasteiger partial charge on any atom is 0.262 e. The van der Waals surface area contributed by atoms with Crippen molar-refractivity contribution in [1.29, 1.82) is 5.26 Å². The van der Waals surface area contributed by atoms with Crippen molar-refractivity contribution in [2.24, 2.45) is 0 Å². The van der Waals surface area contributed by atoms with Gasteiger partial charge in [-0.15, -0.1) is 0 Å². The van der Waals surface area contributed by atoms with E-state index in [9.17, 15) is 9.59 Å². The highest BCUT2D eigenvalue weighted by Gasteiger charge is 2.16. The number of fused-ring (bicyclic) bond motifs is 1. The van der Waals surface area contributed by atoms with Crippen molar-refractivity contribution >= 4 is 23.2 Å². The van der Waals surface area contributed by atoms with Gasteiger partial charge in [-0.05, 0) is 42.5 Å². The molecule has 22 heavy (non-hydrogen) atoms. The first-order chi connectivity index (χ1) is 10.7. The van der Waals surface area contributed by atoms with Crippen molar-refractivity contribution in [2.75, 3.05) is 17.2 Å². The molecule has 0 radical (unpaired) electrons. The molecule has 0 aliphatic carbocycles. The number of ether oxygens (including phenoxy) is 1. The lowest BCUT2D eigenvalue weighted by molar-refractivity contribution is -0.118. The van der Waals surface area contributed by atoms with Crippen LogP contribution in [0.3, 0.4) is 0 Å². The molecule has 6 nitrogen and oxygen atoms in total. The monoisotopic (exact) mass is 293 g/mol. The molecule has 1 heterocycles. The van der Waals surface area contributed by atoms with Crippen molar-refractivity contribution in [1.82, 2.24) is 0 Å². The van der Waals surface area contributed by atoms with Crippen LogP contribution in [-0.2, 0) is 4.79 Å². The highest BCUT2D eigenvalue weighted by Crippen LogP contribution is 2.30. The fourth-order valence-electron chi connectivity index (χ4n) is 2.06. The Morgan fingerprint density at radius 3 is 2.73 bits per heavy atom. The van der Waals surface area contributed by atoms with Gasteiger partial charge in [-0.1, -0.05) is 0 Å². The molecule has 2 N–H and O–H groups in total. The van der Waals surface area contributed by atoms with Gasteiger partial charge in [0.05, 0.1) is 17.3 Å². The summed E-state index contributed by atoms with van der Waals surface area (Å²) in [6, 6.07) is 13.3. The van der Waals surface area contributed by atoms with E-state index in [1.807, 2.05) is 6.07 Å². The molecule has 1 aliphatic heterocycles. The Balaban J connectivity index is 1.78. The number of nitriles is 1. The zero-order valence-corrected chi connectivity index (χ0v) is 11.4. The Bertz CT molecular complexity index is 791. The second-order valence-corrected chi connectivity index (χ2v) is 4.69. The van der Waals surface area contributed by atoms with Gasteiger partial charge in [-0.2, -0.15) is 5.26 Å². The molecule has 108 valence electrons. The first-order valence-corrected chi connectivity index (χ1v) is 6.54. The number of hydrogen-bond acceptors (Lipinski definition) is 4. The lowest BCUT2D eigenvalue weighted by Gasteiger charge is -2.18. The summed E-state index contributed by atoms with van der Waals surface area (Å²) in [5, 5.41) is 14.1. The number of rotatable bonds is 2. The number of anilines is 2. The van der Waals surface area contributed by atoms with E-state index in [4.69, 9.17) is 10.00 Å². The standard InChI is InChI=1S/C16H11N3O3/c17-8-10-1-3-11(4-2-10)16(21)18-12-5-6-14-13(7-12)19-15(20)9-22-14/h1-7H,9H2,(H,18,21)(H,19,20). The van der Waals surface area contributed by atoms with Crippen molar-refractivity contribution < 1.29 is 14.3 Å². The molecule has 0 spiro atoms. The molecule has 2 amide bonds. The van der Waals surface area contributed by atoms with Crippen LogP contribution in [0.25, 0.3) is 0 Å². The molecule has 1 aliphatic rings. The van der Waals surface area contributed by atoms with Gasteiger partial charge >= 0.3 is 0 Å². The van der Waals surface area contributed by atoms with Gasteiger partial charge in [0.1, 0.15) is 5.75 Å². The number of carbonyl (C=O) groups is 2. The molecule has 0 unspecified atom stereocenters. The third-order valence-electron chi connectivity index (χ3n) is 3.15. The van der Waals surface area contributed by atoms with Crippen LogP contribution in [0, 0.1) is 11.3 Å². The lowest BCUT2D eigenvalue weighted by atomic mass is 10.1. The molecule has 0 bridgehead atoms. The third kappa shape index (κ3) is 2.74. The number of hydrogen-bond donors (Lipinski definition) is 2. The van der Waals surface area contributed by atoms with Gasteiger partial charge in [0, 0.05) is 11.3 Å². The number of carbonyl (C=O) groups excluding carboxylic acids is 2. The summed E-state index contributed by atoms with van der Waals surface area (Å²) in [6.07, 6.45) is 0. The topological polar surface area (TPSA) is 91.2 Å². The van der Waals surface area contributed by atoms with Crippen LogP contribution in [0.5, 0.6) is 5.75 Å². The summed E-state index contributed by atoms with van der Waals surface area (Å²) in [5.74, 6) is 0.0338. The van der Waals surface area contributed by atoms with E-state index in [1.165, 1.54) is 0 Å². The van der Waals surface area contributed by atoms with Crippen LogP contribution >= 0.6 is 0 Å². The zero-order valence-electron chi connectivity index (χ0n) is 11.4. The van der Waals surface area contributed by atoms with Crippen molar-refractivity contribution in [2.45, 2.75) is 0 Å². The van der Waals surface area contributed by atoms with E-state index < -0.39 is 0 Å². The van der Waals surface area contributed by atoms with Crippen molar-refractivity contribution in [3.63, 3.8) is 0 Å². The summed E-state index contributed by atoms with van der Waals surface area (Å²) in [6.45, 7) is -0.00997. The lowest BCUT2D eigenvalue weighted by Crippen LogP contribution is -2.25. The minimum absolute atomic E-state index is 0.00997. The van der Waals surface area contributed by atoms with Crippen LogP contribution in [0.4, 0.5) is 11.4 Å². The van der Waals surface area contributed by atoms with Gasteiger partial charge in [0.2, 0.25) is 0 Å². The quantitative estimate of drug-likeness (QED) is 0.887. The minimum Gasteiger partial charge on any atom is -0.482 e. The molecule has 0 fully saturated rings. The smallest absolute Gasteiger partial charge is 0.262 e. The summed E-state index contributed by atoms with van der Waals surface area (Å²) >= 11 is 0. The van der Waals surface area contributed by atoms with Crippen LogP contribution in [-0.4, -0.2) is 18.4 Å². The van der Waals surface area contributed by atoms with Crippen LogP contribution in [0.15, 0.2) is 42.5 Å². The molecule has 0 atom stereocenters. The van der Waals surface area contributed by atoms with Crippen LogP contribution in [0.1, 0.15) is 15.9 Å². The molecule has 3 rings (SSSR count). The molecule has 6 heteroatoms. The normalized spacial score (nSPS) is 12.4. The molecule has 0 aromatic heterocycles. The highest BCUT2D eigenvalue weighted by molar-refractivity contribution is 6.05. The second kappa shape index (κ2) is 5.58. The van der Waals surface area contributed by atoms with Gasteiger partial charge < -0.3 is 15.4 Å². The summed E-state index contributed by atoms with van der Waals surface area (Å²) in [5.41, 5.74) is 2.00. The molecule has 2 aromatic carbocycles. The molecule has 0 saturated heterocycles. The summed E-state index contributed by atoms with van der Waals surface area (Å²) < 4.78 is 5.25. The maximum absolute atomic E-state index is 12.1. The number of nitrogens with zero attached hydrogens (tertiary/aromatic N) is 1. The average molecular weight is 293 g/mol. The Labute approximate surface area is 126 Å². The highest BCUT2D eigenvalue weighted by atomic mass is 16.5. The Morgan fingerprint density at radius 2 is 2.00 bits per heavy atom. The SMILES string of the molecule is N#Cc1ccc(C(=O)Nc2ccc3c(c2)NC(=O)CO3)cc1. The van der Waals surface area contributed by atoms with Gasteiger partial charge in [0.25, 0.3) is 11.8 Å². The predicted octanol–water partition coefficient (Wildman–Crippen LogP) is 2.14. The van der Waals surface area contributed by atoms with E-state index >= 15 is 0 Å². The number of nitrogens with one attached hydrogen (secondary N) is 2. The van der Waals surface area contributed by atoms with E-state index in [0.717, 1.165) is 0 Å². The van der Waals surface area contributed by atoms with Crippen LogP contribution in [0.2, 0.25) is 0 Å². The average Bonchev–Trinajstić information content (AvgIpc) is 2.54. The van der Waals surface area contributed by atoms with E-state index in [1.54, 1.807) is 42.5 Å². The Hall–Kier alpha value is -3.33. The molecular weight excluding hydrogens is 282 g/mol. The zero-order chi connectivity index (χ0) is 15.5. The predicted molar refractivity (Wildman–Crippen MR) is 79.7 cm³/mol. The van der Waals surface area contributed by atoms with E-state index in [-0.39, 0.29) is 18.4 Å². The fourth-order valence-corrected chi connectivity index (χ4v) is 2.06. The van der Waals surface area contributed by atoms with E-state index in [0.29, 0.717) is 28.3 Å². The number of amides is 2.